The largest absolute Gasteiger partial charge is 0.465 e. The van der Waals surface area contributed by atoms with E-state index in [4.69, 9.17) is 9.15 Å². The number of aromatic nitrogens is 2. The van der Waals surface area contributed by atoms with Crippen LogP contribution in [0.4, 0.5) is 0 Å². The molecule has 0 spiro atoms. The number of fused-ring (bicyclic) bond motifs is 1. The Labute approximate surface area is 121 Å². The first-order valence-corrected chi connectivity index (χ1v) is 7.37. The number of hydrogen-bond donors (Lipinski definition) is 1. The molecule has 21 heavy (non-hydrogen) atoms. The van der Waals surface area contributed by atoms with Gasteiger partial charge in [0, 0.05) is 6.07 Å². The molecule has 0 atom stereocenters. The Kier molecular flexibility index (Phi) is 3.77. The summed E-state index contributed by atoms with van der Waals surface area (Å²) in [5.41, 5.74) is -0.0482. The zero-order valence-electron chi connectivity index (χ0n) is 12.0. The maximum absolute atomic E-state index is 12.2. The molecule has 0 amide bonds. The van der Waals surface area contributed by atoms with E-state index in [2.05, 4.69) is 9.97 Å². The maximum atomic E-state index is 12.2. The van der Waals surface area contributed by atoms with Crippen LogP contribution in [0.15, 0.2) is 20.1 Å². The second-order valence-corrected chi connectivity index (χ2v) is 5.41. The Balaban J connectivity index is 1.97. The van der Waals surface area contributed by atoms with Crippen LogP contribution in [0, 0.1) is 5.92 Å². The Morgan fingerprint density at radius 1 is 1.43 bits per heavy atom. The summed E-state index contributed by atoms with van der Waals surface area (Å²) in [5.74, 6) is 0.831. The SMILES string of the molecule is CCOc1nc2oc(=O)cc(CCCC3CC3)c2c(=O)[nH]1. The molecule has 6 heteroatoms. The normalized spacial score (nSPS) is 14.5. The van der Waals surface area contributed by atoms with Gasteiger partial charge >= 0.3 is 5.63 Å². The molecule has 0 radical (unpaired) electrons. The van der Waals surface area contributed by atoms with Crippen molar-refractivity contribution in [3.05, 3.63) is 32.4 Å². The van der Waals surface area contributed by atoms with E-state index in [9.17, 15) is 9.59 Å². The molecule has 3 rings (SSSR count). The summed E-state index contributed by atoms with van der Waals surface area (Å²) in [5, 5.41) is 0.355. The number of ether oxygens (including phenoxy) is 1. The average molecular weight is 290 g/mol. The number of H-pyrrole nitrogens is 1. The third-order valence-corrected chi connectivity index (χ3v) is 3.71. The van der Waals surface area contributed by atoms with Gasteiger partial charge in [0.15, 0.2) is 0 Å². The first-order chi connectivity index (χ1) is 10.2. The van der Waals surface area contributed by atoms with Crippen molar-refractivity contribution < 1.29 is 9.15 Å². The monoisotopic (exact) mass is 290 g/mol. The summed E-state index contributed by atoms with van der Waals surface area (Å²) in [6, 6.07) is 1.47. The fourth-order valence-electron chi connectivity index (χ4n) is 2.52. The van der Waals surface area contributed by atoms with Crippen LogP contribution in [-0.2, 0) is 6.42 Å². The van der Waals surface area contributed by atoms with Gasteiger partial charge < -0.3 is 9.15 Å². The summed E-state index contributed by atoms with van der Waals surface area (Å²) < 4.78 is 10.2. The maximum Gasteiger partial charge on any atom is 0.337 e. The van der Waals surface area contributed by atoms with Crippen molar-refractivity contribution in [1.29, 1.82) is 0 Å². The summed E-state index contributed by atoms with van der Waals surface area (Å²) in [7, 11) is 0. The van der Waals surface area contributed by atoms with Crippen LogP contribution in [0.25, 0.3) is 11.1 Å². The lowest BCUT2D eigenvalue weighted by atomic mass is 10.1. The second-order valence-electron chi connectivity index (χ2n) is 5.41. The van der Waals surface area contributed by atoms with E-state index in [0.29, 0.717) is 24.0 Å². The molecular formula is C15H18N2O4. The van der Waals surface area contributed by atoms with Crippen LogP contribution in [-0.4, -0.2) is 16.6 Å². The highest BCUT2D eigenvalue weighted by atomic mass is 16.5. The first kappa shape index (κ1) is 13.9. The van der Waals surface area contributed by atoms with Crippen LogP contribution < -0.4 is 15.9 Å². The molecule has 2 heterocycles. The molecule has 0 unspecified atom stereocenters. The van der Waals surface area contributed by atoms with Crippen LogP contribution in [0.3, 0.4) is 0 Å². The molecule has 1 N–H and O–H groups in total. The average Bonchev–Trinajstić information content (AvgIpc) is 3.22. The molecule has 1 aliphatic carbocycles. The van der Waals surface area contributed by atoms with Crippen LogP contribution >= 0.6 is 0 Å². The number of aromatic amines is 1. The predicted octanol–water partition coefficient (Wildman–Crippen LogP) is 2.01. The highest BCUT2D eigenvalue weighted by Crippen LogP contribution is 2.34. The smallest absolute Gasteiger partial charge is 0.337 e. The van der Waals surface area contributed by atoms with Crippen molar-refractivity contribution in [3.8, 4) is 6.01 Å². The number of hydrogen-bond acceptors (Lipinski definition) is 5. The molecule has 2 aromatic heterocycles. The van der Waals surface area contributed by atoms with E-state index in [-0.39, 0.29) is 17.3 Å². The fraction of sp³-hybridized carbons (Fsp3) is 0.533. The Morgan fingerprint density at radius 3 is 2.95 bits per heavy atom. The van der Waals surface area contributed by atoms with Crippen LogP contribution in [0.1, 0.15) is 38.2 Å². The molecule has 1 aliphatic rings. The molecule has 0 aliphatic heterocycles. The summed E-state index contributed by atoms with van der Waals surface area (Å²) in [6.07, 6.45) is 5.41. The Bertz CT molecular complexity index is 758. The summed E-state index contributed by atoms with van der Waals surface area (Å²) >= 11 is 0. The quantitative estimate of drug-likeness (QED) is 0.879. The minimum absolute atomic E-state index is 0.0520. The molecule has 0 bridgehead atoms. The minimum Gasteiger partial charge on any atom is -0.465 e. The number of aryl methyl sites for hydroxylation is 1. The van der Waals surface area contributed by atoms with Crippen molar-refractivity contribution >= 4 is 11.1 Å². The van der Waals surface area contributed by atoms with Crippen molar-refractivity contribution in [2.24, 2.45) is 5.92 Å². The van der Waals surface area contributed by atoms with Gasteiger partial charge in [-0.05, 0) is 31.2 Å². The fourth-order valence-corrected chi connectivity index (χ4v) is 2.52. The third kappa shape index (κ3) is 3.15. The van der Waals surface area contributed by atoms with Gasteiger partial charge in [0.2, 0.25) is 5.71 Å². The van der Waals surface area contributed by atoms with Gasteiger partial charge in [-0.1, -0.05) is 19.3 Å². The lowest BCUT2D eigenvalue weighted by Crippen LogP contribution is -2.15. The van der Waals surface area contributed by atoms with Crippen LogP contribution in [0.2, 0.25) is 0 Å². The van der Waals surface area contributed by atoms with Gasteiger partial charge in [-0.15, -0.1) is 0 Å². The van der Waals surface area contributed by atoms with E-state index in [0.717, 1.165) is 18.8 Å². The van der Waals surface area contributed by atoms with Gasteiger partial charge in [0.05, 0.1) is 6.61 Å². The molecule has 0 saturated heterocycles. The molecule has 0 aromatic carbocycles. The van der Waals surface area contributed by atoms with Crippen molar-refractivity contribution in [2.45, 2.75) is 39.0 Å². The molecule has 112 valence electrons. The van der Waals surface area contributed by atoms with Gasteiger partial charge in [0.25, 0.3) is 11.6 Å². The van der Waals surface area contributed by atoms with Crippen LogP contribution in [0.5, 0.6) is 6.01 Å². The van der Waals surface area contributed by atoms with Gasteiger partial charge in [0.1, 0.15) is 5.39 Å². The standard InChI is InChI=1S/C15H18N2O4/c1-2-20-15-16-13(19)12-10(5-3-4-9-6-7-9)8-11(18)21-14(12)17-15/h8-9H,2-7H2,1H3,(H,16,17,19). The number of nitrogens with zero attached hydrogens (tertiary/aromatic N) is 1. The van der Waals surface area contributed by atoms with E-state index < -0.39 is 5.63 Å². The highest BCUT2D eigenvalue weighted by molar-refractivity contribution is 5.75. The molecule has 1 saturated carbocycles. The molecule has 2 aromatic rings. The minimum atomic E-state index is -0.482. The zero-order chi connectivity index (χ0) is 14.8. The molecular weight excluding hydrogens is 272 g/mol. The van der Waals surface area contributed by atoms with Gasteiger partial charge in [-0.25, -0.2) is 4.79 Å². The zero-order valence-corrected chi connectivity index (χ0v) is 12.0. The lowest BCUT2D eigenvalue weighted by molar-refractivity contribution is 0.311. The first-order valence-electron chi connectivity index (χ1n) is 7.37. The Hall–Kier alpha value is -2.11. The van der Waals surface area contributed by atoms with E-state index in [1.165, 1.54) is 18.9 Å². The van der Waals surface area contributed by atoms with E-state index in [1.54, 1.807) is 6.92 Å². The van der Waals surface area contributed by atoms with E-state index in [1.807, 2.05) is 0 Å². The van der Waals surface area contributed by atoms with E-state index >= 15 is 0 Å². The third-order valence-electron chi connectivity index (χ3n) is 3.71. The second kappa shape index (κ2) is 5.71. The topological polar surface area (TPSA) is 85.2 Å². The lowest BCUT2D eigenvalue weighted by Gasteiger charge is -2.06. The van der Waals surface area contributed by atoms with Gasteiger partial charge in [-0.2, -0.15) is 4.98 Å². The summed E-state index contributed by atoms with van der Waals surface area (Å²) in [4.78, 5) is 30.4. The van der Waals surface area contributed by atoms with Crippen molar-refractivity contribution in [1.82, 2.24) is 9.97 Å². The predicted molar refractivity (Wildman–Crippen MR) is 77.7 cm³/mol. The molecule has 6 nitrogen and oxygen atoms in total. The van der Waals surface area contributed by atoms with Crippen molar-refractivity contribution in [3.63, 3.8) is 0 Å². The number of rotatable bonds is 6. The van der Waals surface area contributed by atoms with Crippen molar-refractivity contribution in [2.75, 3.05) is 6.61 Å². The summed E-state index contributed by atoms with van der Waals surface area (Å²) in [6.45, 7) is 2.16. The highest BCUT2D eigenvalue weighted by Gasteiger charge is 2.21. The Morgan fingerprint density at radius 2 is 2.24 bits per heavy atom. The number of nitrogens with one attached hydrogen (secondary N) is 1. The van der Waals surface area contributed by atoms with Gasteiger partial charge in [-0.3, -0.25) is 9.78 Å². The molecule has 1 fully saturated rings.